The smallest absolute Gasteiger partial charge is 0.340 e. The number of carbonyl (C=O) groups is 3. The van der Waals surface area contributed by atoms with Crippen LogP contribution in [-0.4, -0.2) is 17.9 Å². The van der Waals surface area contributed by atoms with E-state index in [1.165, 1.54) is 0 Å². The standard InChI is InChI=1S/C32H32O7/c1-3-5-7-13-29(33)36-21-15-17-25-27(19-21)38-28-20-22(37-30(34)14-8-6-4-2)16-18-26(28)32(25)24-12-10-9-11-23(24)31(35)39-32/h9-12,15-20H,3-8,13-14H2,1-2H3. The first-order valence-corrected chi connectivity index (χ1v) is 13.7. The van der Waals surface area contributed by atoms with Crippen LogP contribution >= 0.6 is 0 Å². The Labute approximate surface area is 228 Å². The Kier molecular flexibility index (Phi) is 7.68. The van der Waals surface area contributed by atoms with Crippen molar-refractivity contribution in [3.8, 4) is 23.0 Å². The third-order valence-corrected chi connectivity index (χ3v) is 7.09. The van der Waals surface area contributed by atoms with Gasteiger partial charge in [0.15, 0.2) is 5.60 Å². The number of unbranched alkanes of at least 4 members (excludes halogenated alkanes) is 4. The van der Waals surface area contributed by atoms with Gasteiger partial charge in [-0.15, -0.1) is 0 Å². The van der Waals surface area contributed by atoms with Crippen LogP contribution in [0.4, 0.5) is 0 Å². The highest BCUT2D eigenvalue weighted by Gasteiger charge is 2.53. The number of rotatable bonds is 10. The number of hydrogen-bond donors (Lipinski definition) is 0. The van der Waals surface area contributed by atoms with Gasteiger partial charge in [-0.1, -0.05) is 57.7 Å². The van der Waals surface area contributed by atoms with Gasteiger partial charge in [-0.2, -0.15) is 0 Å². The maximum atomic E-state index is 13.0. The van der Waals surface area contributed by atoms with Crippen LogP contribution in [0.3, 0.4) is 0 Å². The molecule has 2 aliphatic heterocycles. The van der Waals surface area contributed by atoms with Crippen LogP contribution in [0.2, 0.25) is 0 Å². The summed E-state index contributed by atoms with van der Waals surface area (Å²) in [5.41, 5.74) is 1.12. The second-order valence-electron chi connectivity index (χ2n) is 9.90. The molecule has 202 valence electrons. The first kappa shape index (κ1) is 26.5. The van der Waals surface area contributed by atoms with Crippen molar-refractivity contribution in [2.45, 2.75) is 70.8 Å². The average Bonchev–Trinajstić information content (AvgIpc) is 3.21. The Balaban J connectivity index is 1.52. The molecule has 1 spiro atoms. The zero-order chi connectivity index (χ0) is 27.4. The first-order valence-electron chi connectivity index (χ1n) is 13.7. The second-order valence-corrected chi connectivity index (χ2v) is 9.90. The predicted octanol–water partition coefficient (Wildman–Crippen LogP) is 7.23. The molecule has 0 aromatic heterocycles. The lowest BCUT2D eigenvalue weighted by Gasteiger charge is -2.36. The zero-order valence-corrected chi connectivity index (χ0v) is 22.3. The number of carbonyl (C=O) groups excluding carboxylic acids is 3. The van der Waals surface area contributed by atoms with E-state index in [2.05, 4.69) is 13.8 Å². The predicted molar refractivity (Wildman–Crippen MR) is 144 cm³/mol. The molecular weight excluding hydrogens is 496 g/mol. The van der Waals surface area contributed by atoms with E-state index >= 15 is 0 Å². The number of esters is 3. The van der Waals surface area contributed by atoms with E-state index in [4.69, 9.17) is 18.9 Å². The molecule has 3 aromatic carbocycles. The van der Waals surface area contributed by atoms with Crippen molar-refractivity contribution in [1.82, 2.24) is 0 Å². The van der Waals surface area contributed by atoms with Crippen LogP contribution in [0.25, 0.3) is 0 Å². The topological polar surface area (TPSA) is 88.1 Å². The summed E-state index contributed by atoms with van der Waals surface area (Å²) in [4.78, 5) is 37.8. The van der Waals surface area contributed by atoms with Gasteiger partial charge in [0.25, 0.3) is 0 Å². The van der Waals surface area contributed by atoms with Gasteiger partial charge < -0.3 is 18.9 Å². The van der Waals surface area contributed by atoms with Crippen molar-refractivity contribution < 1.29 is 33.3 Å². The lowest BCUT2D eigenvalue weighted by molar-refractivity contribution is -0.135. The summed E-state index contributed by atoms with van der Waals surface area (Å²) in [6, 6.07) is 17.4. The summed E-state index contributed by atoms with van der Waals surface area (Å²) < 4.78 is 23.6. The summed E-state index contributed by atoms with van der Waals surface area (Å²) >= 11 is 0. The van der Waals surface area contributed by atoms with E-state index in [9.17, 15) is 14.4 Å². The number of fused-ring (bicyclic) bond motifs is 6. The van der Waals surface area contributed by atoms with Gasteiger partial charge in [-0.3, -0.25) is 9.59 Å². The van der Waals surface area contributed by atoms with Crippen LogP contribution in [0.15, 0.2) is 60.7 Å². The quantitative estimate of drug-likeness (QED) is 0.156. The molecule has 0 fully saturated rings. The number of hydrogen-bond acceptors (Lipinski definition) is 7. The molecule has 3 aromatic rings. The molecule has 0 N–H and O–H groups in total. The fourth-order valence-corrected chi connectivity index (χ4v) is 5.17. The lowest BCUT2D eigenvalue weighted by atomic mass is 9.77. The van der Waals surface area contributed by atoms with Crippen molar-refractivity contribution in [1.29, 1.82) is 0 Å². The summed E-state index contributed by atoms with van der Waals surface area (Å²) in [6.07, 6.45) is 6.12. The summed E-state index contributed by atoms with van der Waals surface area (Å²) in [5, 5.41) is 0. The molecule has 2 heterocycles. The lowest BCUT2D eigenvalue weighted by Crippen LogP contribution is -2.33. The van der Waals surface area contributed by atoms with Crippen molar-refractivity contribution in [3.05, 3.63) is 82.9 Å². The molecule has 0 saturated carbocycles. The highest BCUT2D eigenvalue weighted by atomic mass is 16.6. The van der Waals surface area contributed by atoms with Gasteiger partial charge in [0.05, 0.1) is 5.56 Å². The van der Waals surface area contributed by atoms with E-state index < -0.39 is 11.6 Å². The highest BCUT2D eigenvalue weighted by Crippen LogP contribution is 2.57. The molecule has 5 rings (SSSR count). The van der Waals surface area contributed by atoms with Gasteiger partial charge in [0.1, 0.15) is 23.0 Å². The molecule has 0 unspecified atom stereocenters. The largest absolute Gasteiger partial charge is 0.456 e. The van der Waals surface area contributed by atoms with Crippen molar-refractivity contribution in [2.75, 3.05) is 0 Å². The van der Waals surface area contributed by atoms with Crippen LogP contribution in [0.5, 0.6) is 23.0 Å². The molecule has 0 aliphatic carbocycles. The third-order valence-electron chi connectivity index (χ3n) is 7.09. The first-order chi connectivity index (χ1) is 19.0. The highest BCUT2D eigenvalue weighted by molar-refractivity contribution is 5.97. The average molecular weight is 529 g/mol. The summed E-state index contributed by atoms with van der Waals surface area (Å²) in [6.45, 7) is 4.15. The Morgan fingerprint density at radius 1 is 0.718 bits per heavy atom. The van der Waals surface area contributed by atoms with Crippen molar-refractivity contribution in [2.24, 2.45) is 0 Å². The Hall–Kier alpha value is -4.13. The Morgan fingerprint density at radius 3 is 1.79 bits per heavy atom. The van der Waals surface area contributed by atoms with E-state index in [1.807, 2.05) is 12.1 Å². The Morgan fingerprint density at radius 2 is 1.26 bits per heavy atom. The number of benzene rings is 3. The van der Waals surface area contributed by atoms with Crippen molar-refractivity contribution >= 4 is 17.9 Å². The normalized spacial score (nSPS) is 14.1. The molecule has 2 aliphatic rings. The van der Waals surface area contributed by atoms with E-state index in [1.54, 1.807) is 48.5 Å². The fraction of sp³-hybridized carbons (Fsp3) is 0.344. The van der Waals surface area contributed by atoms with Gasteiger partial charge in [0, 0.05) is 41.7 Å². The molecule has 7 heteroatoms. The minimum Gasteiger partial charge on any atom is -0.456 e. The molecule has 7 nitrogen and oxygen atoms in total. The van der Waals surface area contributed by atoms with Gasteiger partial charge in [-0.25, -0.2) is 4.79 Å². The van der Waals surface area contributed by atoms with Crippen molar-refractivity contribution in [3.63, 3.8) is 0 Å². The maximum Gasteiger partial charge on any atom is 0.340 e. The third kappa shape index (κ3) is 5.13. The minimum absolute atomic E-state index is 0.316. The van der Waals surface area contributed by atoms with Crippen LogP contribution < -0.4 is 14.2 Å². The zero-order valence-electron chi connectivity index (χ0n) is 22.3. The van der Waals surface area contributed by atoms with E-state index in [0.29, 0.717) is 58.1 Å². The molecule has 0 bridgehead atoms. The van der Waals surface area contributed by atoms with Crippen LogP contribution in [-0.2, 0) is 19.9 Å². The Bertz CT molecular complexity index is 1330. The van der Waals surface area contributed by atoms with Crippen LogP contribution in [0, 0.1) is 0 Å². The molecule has 39 heavy (non-hydrogen) atoms. The molecule has 0 atom stereocenters. The van der Waals surface area contributed by atoms with Gasteiger partial charge >= 0.3 is 17.9 Å². The van der Waals surface area contributed by atoms with E-state index in [0.717, 1.165) is 38.5 Å². The van der Waals surface area contributed by atoms with Gasteiger partial charge in [-0.05, 0) is 43.2 Å². The maximum absolute atomic E-state index is 13.0. The fourth-order valence-electron chi connectivity index (χ4n) is 5.17. The molecular formula is C32H32O7. The molecule has 0 amide bonds. The SMILES string of the molecule is CCCCCC(=O)Oc1ccc2c(c1)Oc1cc(OC(=O)CCCCC)ccc1C21OC(=O)c2ccccc21. The van der Waals surface area contributed by atoms with Gasteiger partial charge in [0.2, 0.25) is 0 Å². The second kappa shape index (κ2) is 11.3. The summed E-state index contributed by atoms with van der Waals surface area (Å²) in [7, 11) is 0. The monoisotopic (exact) mass is 528 g/mol. The van der Waals surface area contributed by atoms with E-state index in [-0.39, 0.29) is 11.9 Å². The number of ether oxygens (including phenoxy) is 4. The summed E-state index contributed by atoms with van der Waals surface area (Å²) in [5.74, 6) is 0.375. The molecule has 0 radical (unpaired) electrons. The molecule has 0 saturated heterocycles. The minimum atomic E-state index is -1.26. The van der Waals surface area contributed by atoms with Crippen LogP contribution in [0.1, 0.15) is 92.3 Å².